The molecule has 1 aromatic carbocycles. The number of ether oxygens (including phenoxy) is 1. The fourth-order valence-corrected chi connectivity index (χ4v) is 4.40. The van der Waals surface area contributed by atoms with Gasteiger partial charge in [0.05, 0.1) is 36.1 Å². The van der Waals surface area contributed by atoms with E-state index in [0.717, 1.165) is 41.2 Å². The summed E-state index contributed by atoms with van der Waals surface area (Å²) in [5.41, 5.74) is 5.81. The van der Waals surface area contributed by atoms with Crippen LogP contribution >= 0.6 is 0 Å². The Morgan fingerprint density at radius 1 is 1.26 bits per heavy atom. The monoisotopic (exact) mass is 565 g/mol. The number of terminal acetylenes is 1. The molecule has 0 saturated heterocycles. The Morgan fingerprint density at radius 3 is 2.74 bits per heavy atom. The van der Waals surface area contributed by atoms with Crippen molar-refractivity contribution in [1.82, 2.24) is 29.6 Å². The third kappa shape index (κ3) is 6.68. The number of H-pyrrole nitrogens is 1. The van der Waals surface area contributed by atoms with Gasteiger partial charge in [0.15, 0.2) is 0 Å². The molecule has 4 aromatic rings. The van der Waals surface area contributed by atoms with Gasteiger partial charge in [-0.05, 0) is 56.9 Å². The molecular weight excluding hydrogens is 530 g/mol. The number of carbonyl (C=O) groups excluding carboxylic acids is 1. The highest BCUT2D eigenvalue weighted by Crippen LogP contribution is 2.38. The molecule has 0 unspecified atom stereocenters. The Hall–Kier alpha value is -5.34. The first-order valence-corrected chi connectivity index (χ1v) is 13.2. The largest absolute Gasteiger partial charge is 0.494 e. The highest BCUT2D eigenvalue weighted by atomic mass is 16.5. The van der Waals surface area contributed by atoms with Crippen LogP contribution in [0.5, 0.6) is 5.75 Å². The summed E-state index contributed by atoms with van der Waals surface area (Å²) < 4.78 is 7.68. The number of methoxy groups -OCH3 is 1. The Balaban J connectivity index is 1.74. The smallest absolute Gasteiger partial charge is 0.247 e. The van der Waals surface area contributed by atoms with Crippen LogP contribution in [0.3, 0.4) is 0 Å². The molecule has 3 N–H and O–H groups in total. The van der Waals surface area contributed by atoms with Crippen LogP contribution in [0.2, 0.25) is 0 Å². The SMILES string of the molecule is C#C/C=C\c1c(C)c(-c2cn[nH]c2)cn1-c1ccnc(Nc2cc(NC(=O)C=C)c(N(C)CCN(C)C)cc2OC)n1. The Morgan fingerprint density at radius 2 is 2.07 bits per heavy atom. The van der Waals surface area contributed by atoms with E-state index in [1.807, 2.05) is 63.2 Å². The lowest BCUT2D eigenvalue weighted by molar-refractivity contribution is -0.111. The Bertz CT molecular complexity index is 1630. The van der Waals surface area contributed by atoms with E-state index in [1.165, 1.54) is 6.08 Å². The molecule has 11 nitrogen and oxygen atoms in total. The minimum Gasteiger partial charge on any atom is -0.494 e. The summed E-state index contributed by atoms with van der Waals surface area (Å²) in [6, 6.07) is 5.48. The van der Waals surface area contributed by atoms with Crippen LogP contribution in [0.4, 0.5) is 23.0 Å². The molecule has 216 valence electrons. The molecule has 4 rings (SSSR count). The van der Waals surface area contributed by atoms with E-state index in [4.69, 9.17) is 16.1 Å². The van der Waals surface area contributed by atoms with Crippen molar-refractivity contribution in [1.29, 1.82) is 0 Å². The van der Waals surface area contributed by atoms with Gasteiger partial charge < -0.3 is 29.7 Å². The van der Waals surface area contributed by atoms with Crippen molar-refractivity contribution in [3.8, 4) is 35.0 Å². The molecule has 0 radical (unpaired) electrons. The average Bonchev–Trinajstić information content (AvgIpc) is 3.63. The van der Waals surface area contributed by atoms with Crippen molar-refractivity contribution >= 4 is 35.0 Å². The molecule has 0 aliphatic rings. The second-order valence-corrected chi connectivity index (χ2v) is 9.76. The molecule has 0 atom stereocenters. The second kappa shape index (κ2) is 13.3. The van der Waals surface area contributed by atoms with E-state index >= 15 is 0 Å². The summed E-state index contributed by atoms with van der Waals surface area (Å²) in [6.07, 6.45) is 17.5. The van der Waals surface area contributed by atoms with Crippen molar-refractivity contribution in [2.45, 2.75) is 6.92 Å². The maximum absolute atomic E-state index is 12.3. The zero-order valence-electron chi connectivity index (χ0n) is 24.5. The lowest BCUT2D eigenvalue weighted by Gasteiger charge is -2.26. The second-order valence-electron chi connectivity index (χ2n) is 9.76. The van der Waals surface area contributed by atoms with E-state index < -0.39 is 0 Å². The van der Waals surface area contributed by atoms with Crippen molar-refractivity contribution in [2.24, 2.45) is 0 Å². The quantitative estimate of drug-likeness (QED) is 0.170. The number of nitrogens with zero attached hydrogens (tertiary/aromatic N) is 6. The molecule has 0 fully saturated rings. The summed E-state index contributed by atoms with van der Waals surface area (Å²) in [6.45, 7) is 7.17. The number of aromatic nitrogens is 5. The summed E-state index contributed by atoms with van der Waals surface area (Å²) in [7, 11) is 7.58. The third-order valence-electron chi connectivity index (χ3n) is 6.64. The number of carbonyl (C=O) groups is 1. The van der Waals surface area contributed by atoms with Gasteiger partial charge in [0, 0.05) is 55.9 Å². The minimum absolute atomic E-state index is 0.324. The zero-order chi connectivity index (χ0) is 30.2. The van der Waals surface area contributed by atoms with E-state index in [-0.39, 0.29) is 5.91 Å². The molecule has 0 spiro atoms. The zero-order valence-corrected chi connectivity index (χ0v) is 24.5. The van der Waals surface area contributed by atoms with Crippen LogP contribution in [0.25, 0.3) is 23.0 Å². The number of benzene rings is 1. The summed E-state index contributed by atoms with van der Waals surface area (Å²) in [5.74, 6) is 3.76. The molecule has 0 bridgehead atoms. The normalized spacial score (nSPS) is 11.0. The van der Waals surface area contributed by atoms with Crippen LogP contribution in [0, 0.1) is 19.3 Å². The molecule has 3 heterocycles. The van der Waals surface area contributed by atoms with Gasteiger partial charge in [-0.1, -0.05) is 12.5 Å². The van der Waals surface area contributed by atoms with Gasteiger partial charge in [0.2, 0.25) is 11.9 Å². The van der Waals surface area contributed by atoms with E-state index in [2.05, 4.69) is 48.1 Å². The summed E-state index contributed by atoms with van der Waals surface area (Å²) >= 11 is 0. The topological polar surface area (TPSA) is 116 Å². The highest BCUT2D eigenvalue weighted by Gasteiger charge is 2.18. The third-order valence-corrected chi connectivity index (χ3v) is 6.64. The molecule has 1 amide bonds. The van der Waals surface area contributed by atoms with Crippen LogP contribution in [-0.4, -0.2) is 76.9 Å². The van der Waals surface area contributed by atoms with Crippen molar-refractivity contribution in [3.05, 3.63) is 73.0 Å². The number of anilines is 4. The number of likely N-dealkylation sites (N-methyl/N-ethyl adjacent to an activating group) is 2. The van der Waals surface area contributed by atoms with Crippen LogP contribution in [-0.2, 0) is 4.79 Å². The standard InChI is InChI=1S/C31H35N9O2/c1-8-10-11-26-21(3)23(22-18-33-34-19-22)20-40(26)29-12-13-32-31(37-29)36-25-16-24(35-30(41)9-2)27(17-28(25)42-7)39(6)15-14-38(4)5/h1,9-13,16-20H,2,14-15H2,3-7H3,(H,33,34)(H,35,41)(H,32,36,37)/b11-10-. The molecule has 42 heavy (non-hydrogen) atoms. The predicted octanol–water partition coefficient (Wildman–Crippen LogP) is 4.49. The van der Waals surface area contributed by atoms with Crippen molar-refractivity contribution < 1.29 is 9.53 Å². The molecular formula is C31H35N9O2. The summed E-state index contributed by atoms with van der Waals surface area (Å²) in [4.78, 5) is 25.7. The van der Waals surface area contributed by atoms with Crippen LogP contribution in [0.15, 0.2) is 61.7 Å². The maximum atomic E-state index is 12.3. The fourth-order valence-electron chi connectivity index (χ4n) is 4.40. The van der Waals surface area contributed by atoms with Gasteiger partial charge in [-0.15, -0.1) is 6.42 Å². The molecule has 11 heteroatoms. The number of aromatic amines is 1. The molecule has 0 aliphatic carbocycles. The predicted molar refractivity (Wildman–Crippen MR) is 168 cm³/mol. The number of rotatable bonds is 12. The average molecular weight is 566 g/mol. The van der Waals surface area contributed by atoms with Gasteiger partial charge in [-0.3, -0.25) is 9.89 Å². The van der Waals surface area contributed by atoms with E-state index in [0.29, 0.717) is 28.9 Å². The van der Waals surface area contributed by atoms with Gasteiger partial charge in [-0.2, -0.15) is 10.1 Å². The minimum atomic E-state index is -0.324. The number of amides is 1. The first kappa shape index (κ1) is 29.6. The van der Waals surface area contributed by atoms with Gasteiger partial charge in [-0.25, -0.2) is 4.98 Å². The first-order chi connectivity index (χ1) is 20.2. The number of nitrogens with one attached hydrogen (secondary N) is 3. The van der Waals surface area contributed by atoms with E-state index in [1.54, 1.807) is 31.6 Å². The maximum Gasteiger partial charge on any atom is 0.247 e. The fraction of sp³-hybridized carbons (Fsp3) is 0.226. The highest BCUT2D eigenvalue weighted by molar-refractivity contribution is 6.02. The number of allylic oxidation sites excluding steroid dienone is 1. The Labute approximate surface area is 245 Å². The van der Waals surface area contributed by atoms with Crippen LogP contribution < -0.4 is 20.3 Å². The first-order valence-electron chi connectivity index (χ1n) is 13.2. The summed E-state index contributed by atoms with van der Waals surface area (Å²) in [5, 5.41) is 13.1. The molecule has 0 aliphatic heterocycles. The van der Waals surface area contributed by atoms with Gasteiger partial charge in [0.1, 0.15) is 11.6 Å². The molecule has 3 aromatic heterocycles. The van der Waals surface area contributed by atoms with Crippen molar-refractivity contribution in [2.75, 3.05) is 56.9 Å². The lowest BCUT2D eigenvalue weighted by atomic mass is 10.1. The van der Waals surface area contributed by atoms with Crippen molar-refractivity contribution in [3.63, 3.8) is 0 Å². The van der Waals surface area contributed by atoms with Gasteiger partial charge in [0.25, 0.3) is 0 Å². The molecule has 0 saturated carbocycles. The number of hydrogen-bond acceptors (Lipinski definition) is 8. The lowest BCUT2D eigenvalue weighted by Crippen LogP contribution is -2.29. The van der Waals surface area contributed by atoms with Gasteiger partial charge >= 0.3 is 0 Å². The number of hydrogen-bond donors (Lipinski definition) is 3. The van der Waals surface area contributed by atoms with Crippen LogP contribution in [0.1, 0.15) is 11.3 Å². The van der Waals surface area contributed by atoms with E-state index in [9.17, 15) is 4.79 Å². The Kier molecular flexibility index (Phi) is 9.42.